The average molecular weight is 277 g/mol. The van der Waals surface area contributed by atoms with Crippen LogP contribution in [0.25, 0.3) is 0 Å². The summed E-state index contributed by atoms with van der Waals surface area (Å²) in [5.41, 5.74) is 7.48. The van der Waals surface area contributed by atoms with E-state index < -0.39 is 10.0 Å². The minimum absolute atomic E-state index is 0.109. The Kier molecular flexibility index (Phi) is 3.44. The lowest BCUT2D eigenvalue weighted by Crippen LogP contribution is -2.17. The highest BCUT2D eigenvalue weighted by Gasteiger charge is 2.21. The van der Waals surface area contributed by atoms with Gasteiger partial charge in [0, 0.05) is 6.20 Å². The first-order valence-electron chi connectivity index (χ1n) is 5.71. The Bertz CT molecular complexity index is 697. The second kappa shape index (κ2) is 4.89. The van der Waals surface area contributed by atoms with E-state index in [9.17, 15) is 8.42 Å². The van der Waals surface area contributed by atoms with Crippen LogP contribution in [-0.4, -0.2) is 13.4 Å². The van der Waals surface area contributed by atoms with Crippen molar-refractivity contribution < 1.29 is 8.42 Å². The van der Waals surface area contributed by atoms with Crippen LogP contribution in [-0.2, 0) is 10.0 Å². The monoisotopic (exact) mass is 277 g/mol. The van der Waals surface area contributed by atoms with Crippen molar-refractivity contribution in [3.05, 3.63) is 47.7 Å². The fourth-order valence-electron chi connectivity index (χ4n) is 1.78. The molecule has 1 aromatic heterocycles. The van der Waals surface area contributed by atoms with Gasteiger partial charge >= 0.3 is 0 Å². The molecule has 3 N–H and O–H groups in total. The van der Waals surface area contributed by atoms with Crippen LogP contribution in [0, 0.1) is 13.8 Å². The minimum Gasteiger partial charge on any atom is -0.397 e. The van der Waals surface area contributed by atoms with Gasteiger partial charge in [0.25, 0.3) is 10.0 Å². The molecule has 0 amide bonds. The lowest BCUT2D eigenvalue weighted by Gasteiger charge is -2.13. The molecule has 0 saturated carbocycles. The van der Waals surface area contributed by atoms with Gasteiger partial charge in [0.1, 0.15) is 10.7 Å². The molecule has 0 aliphatic rings. The third kappa shape index (κ3) is 2.68. The SMILES string of the molecule is Cc1ccc(C)c(S(=O)(=O)Nc2ccccn2)c1N. The van der Waals surface area contributed by atoms with Crippen molar-refractivity contribution in [1.82, 2.24) is 4.98 Å². The summed E-state index contributed by atoms with van der Waals surface area (Å²) in [4.78, 5) is 4.05. The summed E-state index contributed by atoms with van der Waals surface area (Å²) in [5, 5.41) is 0. The summed E-state index contributed by atoms with van der Waals surface area (Å²) in [6.07, 6.45) is 1.52. The van der Waals surface area contributed by atoms with Crippen molar-refractivity contribution in [1.29, 1.82) is 0 Å². The molecule has 19 heavy (non-hydrogen) atoms. The van der Waals surface area contributed by atoms with Crippen LogP contribution < -0.4 is 10.5 Å². The molecule has 0 bridgehead atoms. The Balaban J connectivity index is 2.49. The number of hydrogen-bond donors (Lipinski definition) is 2. The molecular formula is C13H15N3O2S. The highest BCUT2D eigenvalue weighted by atomic mass is 32.2. The van der Waals surface area contributed by atoms with Crippen LogP contribution in [0.4, 0.5) is 11.5 Å². The fraction of sp³-hybridized carbons (Fsp3) is 0.154. The molecule has 0 saturated heterocycles. The van der Waals surface area contributed by atoms with Crippen molar-refractivity contribution in [2.24, 2.45) is 0 Å². The minimum atomic E-state index is -3.73. The maximum absolute atomic E-state index is 12.4. The van der Waals surface area contributed by atoms with Gasteiger partial charge in [0.2, 0.25) is 0 Å². The van der Waals surface area contributed by atoms with Crippen molar-refractivity contribution in [3.8, 4) is 0 Å². The summed E-state index contributed by atoms with van der Waals surface area (Å²) in [6, 6.07) is 8.53. The quantitative estimate of drug-likeness (QED) is 0.841. The van der Waals surface area contributed by atoms with Gasteiger partial charge in [-0.05, 0) is 37.1 Å². The van der Waals surface area contributed by atoms with Gasteiger partial charge in [-0.1, -0.05) is 18.2 Å². The van der Waals surface area contributed by atoms with E-state index in [4.69, 9.17) is 5.73 Å². The van der Waals surface area contributed by atoms with E-state index in [1.54, 1.807) is 44.2 Å². The van der Waals surface area contributed by atoms with E-state index in [-0.39, 0.29) is 16.4 Å². The molecule has 100 valence electrons. The number of anilines is 2. The normalized spacial score (nSPS) is 11.3. The molecule has 0 unspecified atom stereocenters. The van der Waals surface area contributed by atoms with E-state index in [2.05, 4.69) is 9.71 Å². The summed E-state index contributed by atoms with van der Waals surface area (Å²) in [6.45, 7) is 3.48. The number of hydrogen-bond acceptors (Lipinski definition) is 4. The van der Waals surface area contributed by atoms with Gasteiger partial charge in [-0.15, -0.1) is 0 Å². The molecule has 5 nitrogen and oxygen atoms in total. The molecular weight excluding hydrogens is 262 g/mol. The third-order valence-corrected chi connectivity index (χ3v) is 4.34. The van der Waals surface area contributed by atoms with E-state index >= 15 is 0 Å². The lowest BCUT2D eigenvalue weighted by molar-refractivity contribution is 0.601. The molecule has 0 spiro atoms. The fourth-order valence-corrected chi connectivity index (χ4v) is 3.22. The number of benzene rings is 1. The number of sulfonamides is 1. The number of pyridine rings is 1. The van der Waals surface area contributed by atoms with Crippen molar-refractivity contribution in [2.75, 3.05) is 10.5 Å². The van der Waals surface area contributed by atoms with Crippen LogP contribution in [0.1, 0.15) is 11.1 Å². The maximum Gasteiger partial charge on any atom is 0.265 e. The first-order valence-corrected chi connectivity index (χ1v) is 7.19. The Morgan fingerprint density at radius 3 is 2.42 bits per heavy atom. The Labute approximate surface area is 112 Å². The van der Waals surface area contributed by atoms with Gasteiger partial charge < -0.3 is 5.73 Å². The van der Waals surface area contributed by atoms with Gasteiger partial charge in [0.15, 0.2) is 0 Å². The van der Waals surface area contributed by atoms with E-state index in [0.717, 1.165) is 5.56 Å². The van der Waals surface area contributed by atoms with Crippen molar-refractivity contribution in [3.63, 3.8) is 0 Å². The number of aromatic nitrogens is 1. The molecule has 0 aliphatic heterocycles. The molecule has 0 radical (unpaired) electrons. The van der Waals surface area contributed by atoms with Gasteiger partial charge in [0.05, 0.1) is 5.69 Å². The molecule has 0 atom stereocenters. The Morgan fingerprint density at radius 2 is 1.79 bits per heavy atom. The first-order chi connectivity index (χ1) is 8.92. The predicted molar refractivity (Wildman–Crippen MR) is 75.4 cm³/mol. The van der Waals surface area contributed by atoms with E-state index in [1.807, 2.05) is 0 Å². The second-order valence-corrected chi connectivity index (χ2v) is 5.88. The summed E-state index contributed by atoms with van der Waals surface area (Å²) in [5.74, 6) is 0.266. The topological polar surface area (TPSA) is 85.1 Å². The summed E-state index contributed by atoms with van der Waals surface area (Å²) < 4.78 is 27.2. The van der Waals surface area contributed by atoms with Crippen LogP contribution in [0.2, 0.25) is 0 Å². The molecule has 1 aromatic carbocycles. The van der Waals surface area contributed by atoms with Crippen LogP contribution in [0.5, 0.6) is 0 Å². The molecule has 0 aliphatic carbocycles. The van der Waals surface area contributed by atoms with E-state index in [0.29, 0.717) is 5.56 Å². The highest BCUT2D eigenvalue weighted by molar-refractivity contribution is 7.93. The predicted octanol–water partition coefficient (Wildman–Crippen LogP) is 2.08. The zero-order valence-electron chi connectivity index (χ0n) is 10.7. The number of nitrogens with zero attached hydrogens (tertiary/aromatic N) is 1. The van der Waals surface area contributed by atoms with E-state index in [1.165, 1.54) is 6.20 Å². The molecule has 0 fully saturated rings. The zero-order chi connectivity index (χ0) is 14.0. The van der Waals surface area contributed by atoms with Gasteiger partial charge in [-0.25, -0.2) is 13.4 Å². The molecule has 6 heteroatoms. The average Bonchev–Trinajstić information content (AvgIpc) is 2.35. The maximum atomic E-state index is 12.4. The third-order valence-electron chi connectivity index (χ3n) is 2.78. The summed E-state index contributed by atoms with van der Waals surface area (Å²) in [7, 11) is -3.73. The Morgan fingerprint density at radius 1 is 1.11 bits per heavy atom. The highest BCUT2D eigenvalue weighted by Crippen LogP contribution is 2.27. The largest absolute Gasteiger partial charge is 0.397 e. The number of rotatable bonds is 3. The number of nitrogens with one attached hydrogen (secondary N) is 1. The lowest BCUT2D eigenvalue weighted by atomic mass is 10.1. The summed E-state index contributed by atoms with van der Waals surface area (Å²) >= 11 is 0. The van der Waals surface area contributed by atoms with Crippen LogP contribution in [0.3, 0.4) is 0 Å². The zero-order valence-corrected chi connectivity index (χ0v) is 11.5. The number of aryl methyl sites for hydroxylation is 2. The number of nitrogen functional groups attached to an aromatic ring is 1. The smallest absolute Gasteiger partial charge is 0.265 e. The van der Waals surface area contributed by atoms with Crippen molar-refractivity contribution >= 4 is 21.5 Å². The van der Waals surface area contributed by atoms with Gasteiger partial charge in [-0.3, -0.25) is 4.72 Å². The van der Waals surface area contributed by atoms with Crippen molar-refractivity contribution in [2.45, 2.75) is 18.7 Å². The van der Waals surface area contributed by atoms with Gasteiger partial charge in [-0.2, -0.15) is 0 Å². The number of nitrogens with two attached hydrogens (primary N) is 1. The first kappa shape index (κ1) is 13.4. The van der Waals surface area contributed by atoms with Crippen LogP contribution >= 0.6 is 0 Å². The Hall–Kier alpha value is -2.08. The second-order valence-electron chi connectivity index (χ2n) is 4.26. The molecule has 2 aromatic rings. The molecule has 1 heterocycles. The van der Waals surface area contributed by atoms with Crippen LogP contribution in [0.15, 0.2) is 41.4 Å². The standard InChI is InChI=1S/C13H15N3O2S/c1-9-6-7-10(2)13(12(9)14)19(17,18)16-11-5-3-4-8-15-11/h3-8H,14H2,1-2H3,(H,15,16). The molecule has 2 rings (SSSR count).